The molecule has 1 heterocycles. The normalized spacial score (nSPS) is 17.4. The first-order valence-corrected chi connectivity index (χ1v) is 5.38. The fraction of sp³-hybridized carbons (Fsp3) is 0.462. The van der Waals surface area contributed by atoms with Crippen LogP contribution in [0.15, 0.2) is 18.2 Å². The van der Waals surface area contributed by atoms with Crippen molar-refractivity contribution in [3.63, 3.8) is 0 Å². The number of hydrogen-bond donors (Lipinski definition) is 1. The summed E-state index contributed by atoms with van der Waals surface area (Å²) in [6, 6.07) is 8.52. The van der Waals surface area contributed by atoms with Crippen molar-refractivity contribution in [2.75, 3.05) is 11.9 Å². The molecule has 0 aliphatic carbocycles. The van der Waals surface area contributed by atoms with Crippen molar-refractivity contribution in [3.05, 3.63) is 29.3 Å². The Hall–Kier alpha value is -1.49. The number of nitrogens with one attached hydrogen (secondary N) is 1. The smallest absolute Gasteiger partial charge is 0.0669 e. The highest BCUT2D eigenvalue weighted by Crippen LogP contribution is 2.36. The van der Waals surface area contributed by atoms with E-state index in [1.165, 1.54) is 11.3 Å². The molecule has 0 radical (unpaired) electrons. The minimum absolute atomic E-state index is 0.256. The summed E-state index contributed by atoms with van der Waals surface area (Å²) >= 11 is 0. The number of nitrogens with zero attached hydrogens (tertiary/aromatic N) is 1. The highest BCUT2D eigenvalue weighted by molar-refractivity contribution is 5.58. The lowest BCUT2D eigenvalue weighted by atomic mass is 9.78. The van der Waals surface area contributed by atoms with E-state index in [0.29, 0.717) is 6.42 Å². The summed E-state index contributed by atoms with van der Waals surface area (Å²) in [5.41, 5.74) is 3.93. The summed E-state index contributed by atoms with van der Waals surface area (Å²) in [7, 11) is 0. The number of hydrogen-bond acceptors (Lipinski definition) is 2. The SMILES string of the molecule is CC1(C)CCNc2cc(CC#N)ccc21. The van der Waals surface area contributed by atoms with Crippen LogP contribution in [0.5, 0.6) is 0 Å². The van der Waals surface area contributed by atoms with Crippen LogP contribution in [-0.2, 0) is 11.8 Å². The predicted molar refractivity (Wildman–Crippen MR) is 61.9 cm³/mol. The molecule has 2 nitrogen and oxygen atoms in total. The maximum atomic E-state index is 8.66. The van der Waals surface area contributed by atoms with Gasteiger partial charge in [0.05, 0.1) is 12.5 Å². The molecule has 1 aromatic rings. The Bertz CT molecular complexity index is 413. The molecule has 0 amide bonds. The lowest BCUT2D eigenvalue weighted by Crippen LogP contribution is -2.28. The largest absolute Gasteiger partial charge is 0.385 e. The van der Waals surface area contributed by atoms with Gasteiger partial charge in [0.1, 0.15) is 0 Å². The van der Waals surface area contributed by atoms with Crippen molar-refractivity contribution in [3.8, 4) is 6.07 Å². The van der Waals surface area contributed by atoms with Crippen molar-refractivity contribution < 1.29 is 0 Å². The molecule has 1 N–H and O–H groups in total. The third-order valence-electron chi connectivity index (χ3n) is 3.16. The molecular formula is C13H16N2. The number of rotatable bonds is 1. The van der Waals surface area contributed by atoms with E-state index < -0.39 is 0 Å². The van der Waals surface area contributed by atoms with E-state index in [0.717, 1.165) is 18.5 Å². The summed E-state index contributed by atoms with van der Waals surface area (Å²) < 4.78 is 0. The molecule has 2 rings (SSSR count). The number of fused-ring (bicyclic) bond motifs is 1. The van der Waals surface area contributed by atoms with Crippen LogP contribution in [0.2, 0.25) is 0 Å². The van der Waals surface area contributed by atoms with Gasteiger partial charge in [0.25, 0.3) is 0 Å². The summed E-state index contributed by atoms with van der Waals surface area (Å²) in [6.45, 7) is 5.57. The van der Waals surface area contributed by atoms with Crippen molar-refractivity contribution in [2.24, 2.45) is 0 Å². The molecule has 78 valence electrons. The van der Waals surface area contributed by atoms with Crippen LogP contribution in [0.4, 0.5) is 5.69 Å². The van der Waals surface area contributed by atoms with Gasteiger partial charge in [-0.3, -0.25) is 0 Å². The lowest BCUT2D eigenvalue weighted by molar-refractivity contribution is 0.482. The van der Waals surface area contributed by atoms with Crippen LogP contribution >= 0.6 is 0 Å². The van der Waals surface area contributed by atoms with Crippen LogP contribution in [0.3, 0.4) is 0 Å². The average molecular weight is 200 g/mol. The molecular weight excluding hydrogens is 184 g/mol. The Balaban J connectivity index is 2.42. The van der Waals surface area contributed by atoms with Gasteiger partial charge >= 0.3 is 0 Å². The maximum Gasteiger partial charge on any atom is 0.0669 e. The first kappa shape index (κ1) is 10.0. The second-order valence-electron chi connectivity index (χ2n) is 4.78. The Morgan fingerprint density at radius 1 is 1.47 bits per heavy atom. The zero-order chi connectivity index (χ0) is 10.9. The first-order chi connectivity index (χ1) is 7.13. The molecule has 0 bridgehead atoms. The molecule has 0 fully saturated rings. The van der Waals surface area contributed by atoms with Gasteiger partial charge in [-0.1, -0.05) is 26.0 Å². The molecule has 0 saturated carbocycles. The van der Waals surface area contributed by atoms with E-state index in [1.807, 2.05) is 0 Å². The molecule has 1 aromatic carbocycles. The Labute approximate surface area is 90.9 Å². The second kappa shape index (κ2) is 3.58. The van der Waals surface area contributed by atoms with E-state index in [2.05, 4.69) is 43.4 Å². The third kappa shape index (κ3) is 1.83. The number of anilines is 1. The van der Waals surface area contributed by atoms with Gasteiger partial charge in [-0.15, -0.1) is 0 Å². The van der Waals surface area contributed by atoms with Crippen LogP contribution in [-0.4, -0.2) is 6.54 Å². The molecule has 0 atom stereocenters. The molecule has 0 spiro atoms. The standard InChI is InChI=1S/C13H16N2/c1-13(2)6-8-15-12-9-10(5-7-14)3-4-11(12)13/h3-4,9,15H,5-6,8H2,1-2H3. The van der Waals surface area contributed by atoms with Crippen molar-refractivity contribution in [1.29, 1.82) is 5.26 Å². The average Bonchev–Trinajstić information content (AvgIpc) is 2.17. The summed E-state index contributed by atoms with van der Waals surface area (Å²) in [5.74, 6) is 0. The van der Waals surface area contributed by atoms with E-state index in [1.54, 1.807) is 0 Å². The second-order valence-corrected chi connectivity index (χ2v) is 4.78. The molecule has 1 aliphatic rings. The Kier molecular flexibility index (Phi) is 2.40. The van der Waals surface area contributed by atoms with E-state index in [9.17, 15) is 0 Å². The van der Waals surface area contributed by atoms with Gasteiger partial charge in [0.15, 0.2) is 0 Å². The Morgan fingerprint density at radius 3 is 3.00 bits per heavy atom. The van der Waals surface area contributed by atoms with Crippen LogP contribution < -0.4 is 5.32 Å². The summed E-state index contributed by atoms with van der Waals surface area (Å²) in [4.78, 5) is 0. The van der Waals surface area contributed by atoms with E-state index in [4.69, 9.17) is 5.26 Å². The first-order valence-electron chi connectivity index (χ1n) is 5.38. The maximum absolute atomic E-state index is 8.66. The van der Waals surface area contributed by atoms with Gasteiger partial charge in [-0.25, -0.2) is 0 Å². The quantitative estimate of drug-likeness (QED) is 0.756. The van der Waals surface area contributed by atoms with Gasteiger partial charge in [-0.05, 0) is 29.0 Å². The van der Waals surface area contributed by atoms with Gasteiger partial charge < -0.3 is 5.32 Å². The minimum Gasteiger partial charge on any atom is -0.385 e. The number of benzene rings is 1. The molecule has 0 saturated heterocycles. The van der Waals surface area contributed by atoms with Gasteiger partial charge in [0.2, 0.25) is 0 Å². The van der Waals surface area contributed by atoms with Crippen molar-refractivity contribution in [2.45, 2.75) is 32.1 Å². The van der Waals surface area contributed by atoms with Crippen LogP contribution in [0.1, 0.15) is 31.4 Å². The van der Waals surface area contributed by atoms with Crippen LogP contribution in [0, 0.1) is 11.3 Å². The van der Waals surface area contributed by atoms with Gasteiger partial charge in [0, 0.05) is 12.2 Å². The van der Waals surface area contributed by atoms with E-state index in [-0.39, 0.29) is 5.41 Å². The zero-order valence-electron chi connectivity index (χ0n) is 9.30. The highest BCUT2D eigenvalue weighted by Gasteiger charge is 2.26. The highest BCUT2D eigenvalue weighted by atomic mass is 14.9. The monoisotopic (exact) mass is 200 g/mol. The summed E-state index contributed by atoms with van der Waals surface area (Å²) in [6.07, 6.45) is 1.66. The molecule has 0 unspecified atom stereocenters. The minimum atomic E-state index is 0.256. The molecule has 0 aromatic heterocycles. The predicted octanol–water partition coefficient (Wildman–Crippen LogP) is 2.85. The van der Waals surface area contributed by atoms with E-state index >= 15 is 0 Å². The Morgan fingerprint density at radius 2 is 2.27 bits per heavy atom. The molecule has 2 heteroatoms. The molecule has 15 heavy (non-hydrogen) atoms. The topological polar surface area (TPSA) is 35.8 Å². The zero-order valence-corrected chi connectivity index (χ0v) is 9.30. The summed E-state index contributed by atoms with van der Waals surface area (Å²) in [5, 5.41) is 12.1. The number of nitriles is 1. The van der Waals surface area contributed by atoms with Crippen molar-refractivity contribution >= 4 is 5.69 Å². The van der Waals surface area contributed by atoms with Crippen LogP contribution in [0.25, 0.3) is 0 Å². The van der Waals surface area contributed by atoms with Crippen molar-refractivity contribution in [1.82, 2.24) is 0 Å². The fourth-order valence-electron chi connectivity index (χ4n) is 2.17. The third-order valence-corrected chi connectivity index (χ3v) is 3.16. The van der Waals surface area contributed by atoms with Gasteiger partial charge in [-0.2, -0.15) is 5.26 Å². The molecule has 1 aliphatic heterocycles. The lowest BCUT2D eigenvalue weighted by Gasteiger charge is -2.33. The fourth-order valence-corrected chi connectivity index (χ4v) is 2.17.